The number of aliphatic imine (C=N–C) groups is 1. The molecule has 0 aliphatic carbocycles. The first-order valence-electron chi connectivity index (χ1n) is 2.43. The van der Waals surface area contributed by atoms with Crippen LogP contribution in [0.2, 0.25) is 0 Å². The second-order valence-corrected chi connectivity index (χ2v) is 2.05. The molecule has 3 nitrogen and oxygen atoms in total. The maximum absolute atomic E-state index is 8.52. The van der Waals surface area contributed by atoms with Gasteiger partial charge < -0.3 is 10.3 Å². The van der Waals surface area contributed by atoms with Crippen LogP contribution in [0.3, 0.4) is 0 Å². The summed E-state index contributed by atoms with van der Waals surface area (Å²) < 4.78 is 8.52. The Hall–Kier alpha value is -0.480. The van der Waals surface area contributed by atoms with E-state index >= 15 is 0 Å². The molecule has 0 aromatic rings. The summed E-state index contributed by atoms with van der Waals surface area (Å²) in [6.45, 7) is 1.78. The molecule has 3 N–H and O–H groups in total. The zero-order chi connectivity index (χ0) is 7.28. The predicted octanol–water partition coefficient (Wildman–Crippen LogP) is 1.08. The van der Waals surface area contributed by atoms with Gasteiger partial charge in [0.25, 0.3) is 0 Å². The van der Waals surface area contributed by atoms with Gasteiger partial charge in [-0.05, 0) is 6.92 Å². The standard InChI is InChI=1S/C5H10N2OS/c1-4(7-2)5(3-6)9-8/h3,8H,6H2,1-2H3. The fraction of sp³-hybridized carbons (Fsp3) is 0.400. The zero-order valence-corrected chi connectivity index (χ0v) is 6.27. The van der Waals surface area contributed by atoms with Gasteiger partial charge in [0.05, 0.1) is 4.91 Å². The van der Waals surface area contributed by atoms with Crippen molar-refractivity contribution in [3.05, 3.63) is 11.1 Å². The predicted molar refractivity (Wildman–Crippen MR) is 41.5 cm³/mol. The third-order valence-electron chi connectivity index (χ3n) is 0.942. The van der Waals surface area contributed by atoms with E-state index in [1.807, 2.05) is 0 Å². The van der Waals surface area contributed by atoms with E-state index in [2.05, 4.69) is 4.99 Å². The number of hydrogen-bond acceptors (Lipinski definition) is 4. The maximum atomic E-state index is 8.52. The lowest BCUT2D eigenvalue weighted by atomic mass is 10.4. The summed E-state index contributed by atoms with van der Waals surface area (Å²) >= 11 is 0.608. The summed E-state index contributed by atoms with van der Waals surface area (Å²) in [4.78, 5) is 4.41. The van der Waals surface area contributed by atoms with Gasteiger partial charge in [0.15, 0.2) is 0 Å². The van der Waals surface area contributed by atoms with Gasteiger partial charge in [0.2, 0.25) is 0 Å². The molecule has 0 spiro atoms. The van der Waals surface area contributed by atoms with Crippen molar-refractivity contribution in [2.75, 3.05) is 7.05 Å². The molecule has 0 aliphatic heterocycles. The highest BCUT2D eigenvalue weighted by Crippen LogP contribution is 2.10. The van der Waals surface area contributed by atoms with Crippen LogP contribution in [0.1, 0.15) is 6.92 Å². The van der Waals surface area contributed by atoms with Crippen molar-refractivity contribution in [1.29, 1.82) is 0 Å². The summed E-state index contributed by atoms with van der Waals surface area (Å²) in [6.07, 6.45) is 1.33. The lowest BCUT2D eigenvalue weighted by molar-refractivity contribution is 0.670. The van der Waals surface area contributed by atoms with Crippen molar-refractivity contribution in [2.24, 2.45) is 10.7 Å². The number of hydrogen-bond donors (Lipinski definition) is 2. The van der Waals surface area contributed by atoms with Crippen LogP contribution in [-0.4, -0.2) is 17.3 Å². The van der Waals surface area contributed by atoms with E-state index in [9.17, 15) is 0 Å². The number of nitrogens with zero attached hydrogens (tertiary/aromatic N) is 1. The Morgan fingerprint density at radius 1 is 1.78 bits per heavy atom. The van der Waals surface area contributed by atoms with Crippen molar-refractivity contribution in [3.8, 4) is 0 Å². The van der Waals surface area contributed by atoms with Crippen LogP contribution in [0.5, 0.6) is 0 Å². The van der Waals surface area contributed by atoms with Gasteiger partial charge in [-0.1, -0.05) is 0 Å². The summed E-state index contributed by atoms with van der Waals surface area (Å²) in [7, 11) is 1.65. The van der Waals surface area contributed by atoms with E-state index in [0.29, 0.717) is 16.9 Å². The summed E-state index contributed by atoms with van der Waals surface area (Å²) in [5.41, 5.74) is 5.88. The van der Waals surface area contributed by atoms with Crippen LogP contribution < -0.4 is 5.73 Å². The van der Waals surface area contributed by atoms with Crippen LogP contribution in [-0.2, 0) is 0 Å². The molecular weight excluding hydrogens is 136 g/mol. The molecular formula is C5H10N2OS. The highest BCUT2D eigenvalue weighted by atomic mass is 32.2. The average Bonchev–Trinajstić information content (AvgIpc) is 1.90. The molecule has 0 aromatic carbocycles. The minimum Gasteiger partial charge on any atom is -0.404 e. The lowest BCUT2D eigenvalue weighted by Gasteiger charge is -1.96. The van der Waals surface area contributed by atoms with Crippen molar-refractivity contribution < 1.29 is 4.55 Å². The Labute approximate surface area is 58.9 Å². The van der Waals surface area contributed by atoms with Gasteiger partial charge in [0, 0.05) is 31.0 Å². The first-order chi connectivity index (χ1) is 4.26. The molecule has 9 heavy (non-hydrogen) atoms. The van der Waals surface area contributed by atoms with Crippen LogP contribution in [0, 0.1) is 0 Å². The number of rotatable bonds is 2. The summed E-state index contributed by atoms with van der Waals surface area (Å²) in [5.74, 6) is 0. The molecule has 0 aromatic heterocycles. The topological polar surface area (TPSA) is 58.6 Å². The minimum atomic E-state index is 0.595. The SMILES string of the molecule is CN=C(C)C(=CN)SO. The van der Waals surface area contributed by atoms with Crippen molar-refractivity contribution >= 4 is 17.8 Å². The van der Waals surface area contributed by atoms with E-state index in [1.54, 1.807) is 14.0 Å². The van der Waals surface area contributed by atoms with E-state index in [4.69, 9.17) is 10.3 Å². The fourth-order valence-corrected chi connectivity index (χ4v) is 0.612. The summed E-state index contributed by atoms with van der Waals surface area (Å²) in [6, 6.07) is 0. The Bertz CT molecular complexity index is 142. The highest BCUT2D eigenvalue weighted by Gasteiger charge is 1.96. The van der Waals surface area contributed by atoms with Crippen molar-refractivity contribution in [2.45, 2.75) is 6.92 Å². The van der Waals surface area contributed by atoms with Gasteiger partial charge in [-0.3, -0.25) is 4.99 Å². The molecule has 0 aliphatic rings. The number of nitrogens with two attached hydrogens (primary N) is 1. The van der Waals surface area contributed by atoms with Gasteiger partial charge in [-0.25, -0.2) is 0 Å². The average molecular weight is 146 g/mol. The highest BCUT2D eigenvalue weighted by molar-refractivity contribution is 7.98. The molecule has 0 unspecified atom stereocenters. The van der Waals surface area contributed by atoms with Crippen LogP contribution >= 0.6 is 12.0 Å². The van der Waals surface area contributed by atoms with Crippen molar-refractivity contribution in [1.82, 2.24) is 0 Å². The first kappa shape index (κ1) is 8.52. The van der Waals surface area contributed by atoms with Gasteiger partial charge in [-0.2, -0.15) is 0 Å². The molecule has 0 bridgehead atoms. The Morgan fingerprint density at radius 2 is 2.33 bits per heavy atom. The molecule has 0 atom stereocenters. The van der Waals surface area contributed by atoms with E-state index in [1.165, 1.54) is 6.20 Å². The molecule has 0 saturated carbocycles. The van der Waals surface area contributed by atoms with Gasteiger partial charge in [0.1, 0.15) is 0 Å². The molecule has 0 fully saturated rings. The second kappa shape index (κ2) is 4.40. The molecule has 0 amide bonds. The lowest BCUT2D eigenvalue weighted by Crippen LogP contribution is -1.95. The zero-order valence-electron chi connectivity index (χ0n) is 5.46. The fourth-order valence-electron chi connectivity index (χ4n) is 0.327. The number of allylic oxidation sites excluding steroid dienone is 1. The van der Waals surface area contributed by atoms with Crippen molar-refractivity contribution in [3.63, 3.8) is 0 Å². The van der Waals surface area contributed by atoms with E-state index < -0.39 is 0 Å². The minimum absolute atomic E-state index is 0.595. The van der Waals surface area contributed by atoms with Crippen LogP contribution in [0.15, 0.2) is 16.1 Å². The molecule has 0 rings (SSSR count). The Morgan fingerprint density at radius 3 is 2.44 bits per heavy atom. The van der Waals surface area contributed by atoms with E-state index in [-0.39, 0.29) is 0 Å². The second-order valence-electron chi connectivity index (χ2n) is 1.43. The van der Waals surface area contributed by atoms with Gasteiger partial charge in [-0.15, -0.1) is 0 Å². The molecule has 4 heteroatoms. The Balaban J connectivity index is 4.14. The van der Waals surface area contributed by atoms with Crippen LogP contribution in [0.25, 0.3) is 0 Å². The summed E-state index contributed by atoms with van der Waals surface area (Å²) in [5, 5.41) is 0. The first-order valence-corrected chi connectivity index (χ1v) is 3.20. The van der Waals surface area contributed by atoms with Gasteiger partial charge >= 0.3 is 0 Å². The largest absolute Gasteiger partial charge is 0.404 e. The van der Waals surface area contributed by atoms with Crippen LogP contribution in [0.4, 0.5) is 0 Å². The Kier molecular flexibility index (Phi) is 4.17. The maximum Gasteiger partial charge on any atom is 0.0712 e. The van der Waals surface area contributed by atoms with E-state index in [0.717, 1.165) is 5.71 Å². The molecule has 0 heterocycles. The molecule has 52 valence electrons. The third kappa shape index (κ3) is 2.53. The normalized spacial score (nSPS) is 14.1. The third-order valence-corrected chi connectivity index (χ3v) is 1.57. The molecule has 0 saturated heterocycles. The monoisotopic (exact) mass is 146 g/mol. The quantitative estimate of drug-likeness (QED) is 0.452. The smallest absolute Gasteiger partial charge is 0.0712 e. The molecule has 0 radical (unpaired) electrons.